The number of hydrogen-bond acceptors (Lipinski definition) is 9. The molecule has 0 bridgehead atoms. The molecule has 1 aliphatic heterocycles. The van der Waals surface area contributed by atoms with Crippen molar-refractivity contribution in [2.45, 2.75) is 25.8 Å². The summed E-state index contributed by atoms with van der Waals surface area (Å²) in [5.41, 5.74) is -1.08. The molecule has 1 saturated heterocycles. The smallest absolute Gasteiger partial charge is 0.410 e. The average Bonchev–Trinajstić information content (AvgIpc) is 2.87. The number of nitrogens with zero attached hydrogens (tertiary/aromatic N) is 3. The topological polar surface area (TPSA) is 126 Å². The molecule has 1 unspecified atom stereocenters. The van der Waals surface area contributed by atoms with E-state index in [0.717, 1.165) is 18.1 Å². The fraction of sp³-hybridized carbons (Fsp3) is 0.435. The Morgan fingerprint density at radius 1 is 1.18 bits per heavy atom. The van der Waals surface area contributed by atoms with Gasteiger partial charge in [-0.2, -0.15) is 0 Å². The molecule has 1 amide bonds. The largest absolute Gasteiger partial charge is 0.464 e. The minimum atomic E-state index is -0.969. The lowest BCUT2D eigenvalue weighted by atomic mass is 10.2. The molecule has 1 atom stereocenters. The monoisotopic (exact) mass is 473 g/mol. The summed E-state index contributed by atoms with van der Waals surface area (Å²) in [5, 5.41) is 0. The van der Waals surface area contributed by atoms with Crippen LogP contribution in [0.3, 0.4) is 0 Å². The number of esters is 2. The lowest BCUT2D eigenvalue weighted by Crippen LogP contribution is -2.46. The molecule has 1 aromatic heterocycles. The Kier molecular flexibility index (Phi) is 8.36. The lowest BCUT2D eigenvalue weighted by molar-refractivity contribution is -0.0141. The number of benzene rings is 1. The number of rotatable bonds is 7. The third-order valence-corrected chi connectivity index (χ3v) is 5.25. The van der Waals surface area contributed by atoms with Crippen molar-refractivity contribution in [3.63, 3.8) is 0 Å². The second kappa shape index (κ2) is 11.4. The molecule has 1 fully saturated rings. The normalized spacial score (nSPS) is 15.5. The van der Waals surface area contributed by atoms with Crippen molar-refractivity contribution in [1.82, 2.24) is 14.5 Å². The van der Waals surface area contributed by atoms with E-state index in [1.165, 1.54) is 24.1 Å². The van der Waals surface area contributed by atoms with Gasteiger partial charge in [0.25, 0.3) is 5.56 Å². The van der Waals surface area contributed by atoms with Crippen molar-refractivity contribution < 1.29 is 33.3 Å². The molecule has 2 heterocycles. The van der Waals surface area contributed by atoms with Crippen LogP contribution in [0.15, 0.2) is 35.1 Å². The first-order valence-corrected chi connectivity index (χ1v) is 10.9. The molecular weight excluding hydrogens is 446 g/mol. The zero-order valence-electron chi connectivity index (χ0n) is 19.3. The highest BCUT2D eigenvalue weighted by Gasteiger charge is 2.35. The molecule has 0 aliphatic carbocycles. The summed E-state index contributed by atoms with van der Waals surface area (Å²) >= 11 is 0. The summed E-state index contributed by atoms with van der Waals surface area (Å²) < 4.78 is 22.0. The molecule has 11 nitrogen and oxygen atoms in total. The summed E-state index contributed by atoms with van der Waals surface area (Å²) in [5.74, 6) is -2.30. The van der Waals surface area contributed by atoms with Crippen molar-refractivity contribution >= 4 is 18.0 Å². The maximum absolute atomic E-state index is 13.2. The van der Waals surface area contributed by atoms with Crippen LogP contribution >= 0.6 is 0 Å². The number of morpholine rings is 1. The molecule has 2 aromatic rings. The quantitative estimate of drug-likeness (QED) is 0.439. The van der Waals surface area contributed by atoms with Gasteiger partial charge in [0.05, 0.1) is 32.5 Å². The molecular formula is C23H27N3O8. The third-order valence-electron chi connectivity index (χ3n) is 5.25. The van der Waals surface area contributed by atoms with Gasteiger partial charge < -0.3 is 18.9 Å². The van der Waals surface area contributed by atoms with E-state index in [0.29, 0.717) is 6.42 Å². The minimum absolute atomic E-state index is 0.0346. The van der Waals surface area contributed by atoms with Gasteiger partial charge >= 0.3 is 18.0 Å². The Balaban J connectivity index is 2.00. The van der Waals surface area contributed by atoms with Gasteiger partial charge in [-0.1, -0.05) is 31.5 Å². The van der Waals surface area contributed by atoms with E-state index in [9.17, 15) is 19.2 Å². The predicted octanol–water partition coefficient (Wildman–Crippen LogP) is 2.10. The standard InChI is InChI=1S/C23H27N3O8/c1-4-5-12-33-23(30)26-11-13-32-14-16(26)19-24-17(22(29)31-3)18(20(27)25(19)2)34-21(28)15-9-7-6-8-10-15/h6-10,16H,4-5,11-14H2,1-3H3. The first kappa shape index (κ1) is 24.9. The second-order valence-electron chi connectivity index (χ2n) is 7.51. The van der Waals surface area contributed by atoms with E-state index in [4.69, 9.17) is 18.9 Å². The highest BCUT2D eigenvalue weighted by atomic mass is 16.6. The summed E-state index contributed by atoms with van der Waals surface area (Å²) in [6, 6.07) is 7.20. The number of methoxy groups -OCH3 is 1. The Morgan fingerprint density at radius 3 is 2.59 bits per heavy atom. The van der Waals surface area contributed by atoms with Crippen LogP contribution in [0.4, 0.5) is 4.79 Å². The van der Waals surface area contributed by atoms with Crippen molar-refractivity contribution in [2.75, 3.05) is 33.5 Å². The van der Waals surface area contributed by atoms with Crippen LogP contribution in [0, 0.1) is 0 Å². The van der Waals surface area contributed by atoms with Crippen molar-refractivity contribution in [2.24, 2.45) is 7.05 Å². The molecule has 0 radical (unpaired) electrons. The van der Waals surface area contributed by atoms with Crippen LogP contribution in [-0.4, -0.2) is 66.0 Å². The summed E-state index contributed by atoms with van der Waals surface area (Å²) in [6.07, 6.45) is 1.00. The molecule has 0 spiro atoms. The summed E-state index contributed by atoms with van der Waals surface area (Å²) in [4.78, 5) is 56.6. The van der Waals surface area contributed by atoms with Gasteiger partial charge in [-0.25, -0.2) is 19.4 Å². The second-order valence-corrected chi connectivity index (χ2v) is 7.51. The minimum Gasteiger partial charge on any atom is -0.464 e. The lowest BCUT2D eigenvalue weighted by Gasteiger charge is -2.35. The van der Waals surface area contributed by atoms with Crippen LogP contribution in [-0.2, 0) is 21.3 Å². The number of carbonyl (C=O) groups is 3. The molecule has 0 N–H and O–H groups in total. The summed E-state index contributed by atoms with van der Waals surface area (Å²) in [7, 11) is 2.52. The Labute approximate surface area is 196 Å². The van der Waals surface area contributed by atoms with Crippen LogP contribution in [0.5, 0.6) is 5.75 Å². The Hall–Kier alpha value is -3.73. The van der Waals surface area contributed by atoms with E-state index in [1.54, 1.807) is 18.2 Å². The van der Waals surface area contributed by atoms with Crippen molar-refractivity contribution in [3.05, 3.63) is 57.8 Å². The highest BCUT2D eigenvalue weighted by Crippen LogP contribution is 2.25. The number of unbranched alkanes of at least 4 members (excludes halogenated alkanes) is 1. The predicted molar refractivity (Wildman–Crippen MR) is 119 cm³/mol. The number of hydrogen-bond donors (Lipinski definition) is 0. The first-order chi connectivity index (χ1) is 16.4. The SMILES string of the molecule is CCCCOC(=O)N1CCOCC1c1nc(C(=O)OC)c(OC(=O)c2ccccc2)c(=O)n1C. The van der Waals surface area contributed by atoms with Crippen molar-refractivity contribution in [1.29, 1.82) is 0 Å². The molecule has 182 valence electrons. The molecule has 34 heavy (non-hydrogen) atoms. The molecule has 0 saturated carbocycles. The van der Waals surface area contributed by atoms with Crippen LogP contribution < -0.4 is 10.3 Å². The fourth-order valence-corrected chi connectivity index (χ4v) is 3.37. The van der Waals surface area contributed by atoms with Gasteiger partial charge in [-0.05, 0) is 18.6 Å². The van der Waals surface area contributed by atoms with Gasteiger partial charge in [0, 0.05) is 13.6 Å². The zero-order chi connectivity index (χ0) is 24.7. The maximum Gasteiger partial charge on any atom is 0.410 e. The van der Waals surface area contributed by atoms with E-state index in [2.05, 4.69) is 4.98 Å². The maximum atomic E-state index is 13.2. The van der Waals surface area contributed by atoms with Gasteiger partial charge in [-0.3, -0.25) is 14.3 Å². The number of aromatic nitrogens is 2. The molecule has 3 rings (SSSR count). The van der Waals surface area contributed by atoms with E-state index in [-0.39, 0.29) is 37.8 Å². The van der Waals surface area contributed by atoms with Gasteiger partial charge in [0.2, 0.25) is 5.75 Å². The van der Waals surface area contributed by atoms with E-state index >= 15 is 0 Å². The molecule has 1 aliphatic rings. The van der Waals surface area contributed by atoms with Crippen molar-refractivity contribution in [3.8, 4) is 5.75 Å². The molecule has 11 heteroatoms. The van der Waals surface area contributed by atoms with Crippen LogP contribution in [0.2, 0.25) is 0 Å². The Bertz CT molecular complexity index is 1100. The molecule has 1 aromatic carbocycles. The van der Waals surface area contributed by atoms with E-state index in [1.807, 2.05) is 6.92 Å². The van der Waals surface area contributed by atoms with E-state index < -0.39 is 41.1 Å². The van der Waals surface area contributed by atoms with Gasteiger partial charge in [-0.15, -0.1) is 0 Å². The van der Waals surface area contributed by atoms with Gasteiger partial charge in [0.15, 0.2) is 5.69 Å². The number of amides is 1. The van der Waals surface area contributed by atoms with Crippen LogP contribution in [0.25, 0.3) is 0 Å². The van der Waals surface area contributed by atoms with Gasteiger partial charge in [0.1, 0.15) is 11.9 Å². The summed E-state index contributed by atoms with van der Waals surface area (Å²) in [6.45, 7) is 2.76. The third kappa shape index (κ3) is 5.42. The Morgan fingerprint density at radius 2 is 1.91 bits per heavy atom. The zero-order valence-corrected chi connectivity index (χ0v) is 19.3. The number of ether oxygens (including phenoxy) is 4. The highest BCUT2D eigenvalue weighted by molar-refractivity contribution is 5.94. The fourth-order valence-electron chi connectivity index (χ4n) is 3.37. The number of carbonyl (C=O) groups excluding carboxylic acids is 3. The first-order valence-electron chi connectivity index (χ1n) is 10.9. The van der Waals surface area contributed by atoms with Crippen LogP contribution in [0.1, 0.15) is 52.5 Å². The average molecular weight is 473 g/mol.